The number of aryl methyl sites for hydroxylation is 2. The van der Waals surface area contributed by atoms with E-state index < -0.39 is 61.2 Å². The Morgan fingerprint density at radius 2 is 1.15 bits per heavy atom. The van der Waals surface area contributed by atoms with E-state index in [0.29, 0.717) is 43.1 Å². The molecule has 290 valence electrons. The molecule has 0 bridgehead atoms. The highest BCUT2D eigenvalue weighted by Gasteiger charge is 2.53. The molecule has 1 fully saturated rings. The number of hydrogen-bond donors (Lipinski definition) is 1. The van der Waals surface area contributed by atoms with Crippen LogP contribution in [-0.2, 0) is 68.9 Å². The summed E-state index contributed by atoms with van der Waals surface area (Å²) in [5.41, 5.74) is 3.55. The molecule has 13 nitrogen and oxygen atoms in total. The van der Waals surface area contributed by atoms with Crippen molar-refractivity contribution in [3.8, 4) is 23.0 Å². The van der Waals surface area contributed by atoms with E-state index >= 15 is 0 Å². The zero-order valence-electron chi connectivity index (χ0n) is 31.0. The number of rotatable bonds is 16. The fourth-order valence-electron chi connectivity index (χ4n) is 5.96. The zero-order chi connectivity index (χ0) is 39.3. The van der Waals surface area contributed by atoms with Gasteiger partial charge in [0.2, 0.25) is 12.4 Å². The van der Waals surface area contributed by atoms with Crippen molar-refractivity contribution in [2.24, 2.45) is 0 Å². The molecule has 0 aromatic heterocycles. The largest absolute Gasteiger partial charge is 0.508 e. The first-order valence-electron chi connectivity index (χ1n) is 17.7. The Balaban J connectivity index is 1.33. The summed E-state index contributed by atoms with van der Waals surface area (Å²) in [6, 6.07) is 30.0. The summed E-state index contributed by atoms with van der Waals surface area (Å²) in [7, 11) is 0. The van der Waals surface area contributed by atoms with Gasteiger partial charge in [0.05, 0.1) is 0 Å². The summed E-state index contributed by atoms with van der Waals surface area (Å²) in [4.78, 5) is 48.1. The summed E-state index contributed by atoms with van der Waals surface area (Å²) in [5, 5.41) is 11.1. The van der Waals surface area contributed by atoms with Gasteiger partial charge in [-0.15, -0.1) is 0 Å². The predicted molar refractivity (Wildman–Crippen MR) is 196 cm³/mol. The summed E-state index contributed by atoms with van der Waals surface area (Å²) in [5.74, 6) is -1.58. The summed E-state index contributed by atoms with van der Waals surface area (Å²) < 4.78 is 45.9. The Morgan fingerprint density at radius 1 is 0.600 bits per heavy atom. The van der Waals surface area contributed by atoms with Crippen molar-refractivity contribution in [1.82, 2.24) is 0 Å². The second-order valence-electron chi connectivity index (χ2n) is 12.8. The lowest BCUT2D eigenvalue weighted by Crippen LogP contribution is -2.63. The molecule has 1 heterocycles. The number of ether oxygens (including phenoxy) is 8. The van der Waals surface area contributed by atoms with E-state index in [4.69, 9.17) is 37.9 Å². The third kappa shape index (κ3) is 12.0. The van der Waals surface area contributed by atoms with Crippen LogP contribution in [0.2, 0.25) is 0 Å². The lowest BCUT2D eigenvalue weighted by Gasteiger charge is -2.43. The Bertz CT molecular complexity index is 1910. The topological polar surface area (TPSA) is 162 Å². The van der Waals surface area contributed by atoms with Crippen molar-refractivity contribution >= 4 is 23.9 Å². The molecular weight excluding hydrogens is 712 g/mol. The van der Waals surface area contributed by atoms with Crippen LogP contribution >= 0.6 is 0 Å². The van der Waals surface area contributed by atoms with Gasteiger partial charge in [-0.05, 0) is 47.2 Å². The van der Waals surface area contributed by atoms with Crippen LogP contribution in [0.5, 0.6) is 23.0 Å². The van der Waals surface area contributed by atoms with Gasteiger partial charge in [0.25, 0.3) is 0 Å². The maximum Gasteiger partial charge on any atom is 0.303 e. The molecule has 55 heavy (non-hydrogen) atoms. The summed E-state index contributed by atoms with van der Waals surface area (Å²) in [6.07, 6.45) is -5.84. The molecule has 1 saturated heterocycles. The zero-order valence-corrected chi connectivity index (χ0v) is 31.0. The molecule has 0 saturated carbocycles. The molecule has 1 aliphatic heterocycles. The summed E-state index contributed by atoms with van der Waals surface area (Å²) >= 11 is 0. The van der Waals surface area contributed by atoms with E-state index in [1.54, 1.807) is 12.1 Å². The van der Waals surface area contributed by atoms with Crippen LogP contribution in [0.25, 0.3) is 0 Å². The van der Waals surface area contributed by atoms with Crippen molar-refractivity contribution in [3.05, 3.63) is 119 Å². The highest BCUT2D eigenvalue weighted by molar-refractivity contribution is 5.68. The van der Waals surface area contributed by atoms with Gasteiger partial charge in [0, 0.05) is 39.8 Å². The fraction of sp³-hybridized carbons (Fsp3) is 0.333. The highest BCUT2D eigenvalue weighted by Crippen LogP contribution is 2.34. The first kappa shape index (κ1) is 40.1. The van der Waals surface area contributed by atoms with Crippen molar-refractivity contribution in [2.45, 2.75) is 84.5 Å². The van der Waals surface area contributed by atoms with Crippen LogP contribution in [0.3, 0.4) is 0 Å². The highest BCUT2D eigenvalue weighted by atomic mass is 16.7. The molecule has 1 aliphatic rings. The molecule has 1 N–H and O–H groups in total. The van der Waals surface area contributed by atoms with Crippen molar-refractivity contribution in [1.29, 1.82) is 0 Å². The molecule has 0 radical (unpaired) electrons. The Morgan fingerprint density at radius 3 is 1.75 bits per heavy atom. The number of carbonyl (C=O) groups excluding carboxylic acids is 4. The molecule has 5 atom stereocenters. The molecular formula is C42H44O13. The molecule has 13 heteroatoms. The Hall–Kier alpha value is -6.08. The summed E-state index contributed by atoms with van der Waals surface area (Å²) in [6.45, 7) is 4.94. The quantitative estimate of drug-likeness (QED) is 0.108. The van der Waals surface area contributed by atoms with Gasteiger partial charge in [-0.2, -0.15) is 0 Å². The number of hydrogen-bond acceptors (Lipinski definition) is 13. The number of phenols is 1. The minimum absolute atomic E-state index is 0.0855. The van der Waals surface area contributed by atoms with Crippen LogP contribution < -0.4 is 14.2 Å². The number of phenolic OH excluding ortho intramolecular Hbond substituents is 1. The first-order valence-corrected chi connectivity index (χ1v) is 17.7. The number of carbonyl (C=O) groups is 4. The van der Waals surface area contributed by atoms with E-state index in [1.807, 2.05) is 78.9 Å². The molecule has 4 aromatic carbocycles. The van der Waals surface area contributed by atoms with Crippen molar-refractivity contribution < 1.29 is 62.2 Å². The van der Waals surface area contributed by atoms with E-state index in [1.165, 1.54) is 13.0 Å². The smallest absolute Gasteiger partial charge is 0.303 e. The van der Waals surface area contributed by atoms with Crippen LogP contribution in [0.15, 0.2) is 97.1 Å². The van der Waals surface area contributed by atoms with Gasteiger partial charge in [-0.1, -0.05) is 72.8 Å². The normalized spacial score (nSPS) is 19.0. The Kier molecular flexibility index (Phi) is 14.1. The molecule has 0 aliphatic carbocycles. The number of benzene rings is 4. The molecule has 0 spiro atoms. The minimum atomic E-state index is -1.45. The van der Waals surface area contributed by atoms with E-state index in [0.717, 1.165) is 37.5 Å². The Labute approximate surface area is 319 Å². The number of aromatic hydroxyl groups is 1. The lowest BCUT2D eigenvalue weighted by atomic mass is 9.98. The van der Waals surface area contributed by atoms with Gasteiger partial charge in [-0.25, -0.2) is 0 Å². The van der Waals surface area contributed by atoms with Crippen molar-refractivity contribution in [2.75, 3.05) is 6.61 Å². The minimum Gasteiger partial charge on any atom is -0.508 e. The van der Waals surface area contributed by atoms with Crippen LogP contribution in [0, 0.1) is 0 Å². The van der Waals surface area contributed by atoms with Crippen LogP contribution in [-0.4, -0.2) is 66.3 Å². The lowest BCUT2D eigenvalue weighted by molar-refractivity contribution is -0.288. The fourth-order valence-corrected chi connectivity index (χ4v) is 5.96. The predicted octanol–water partition coefficient (Wildman–Crippen LogP) is 5.80. The van der Waals surface area contributed by atoms with Gasteiger partial charge in [0.1, 0.15) is 48.9 Å². The average molecular weight is 757 g/mol. The molecule has 0 amide bonds. The number of esters is 4. The second-order valence-corrected chi connectivity index (χ2v) is 12.8. The third-order valence-electron chi connectivity index (χ3n) is 8.44. The SMILES string of the molecule is CC(=O)OC[C@H]1O[C@@H](Oc2ccc(CCc3ccc(OCc4ccccc4)cc3OCc3ccccc3)c(O)c2)[C@H](OC(C)=O)[C@@H](OC(C)=O)[C@@H]1OC(C)=O. The monoisotopic (exact) mass is 756 g/mol. The van der Waals surface area contributed by atoms with Gasteiger partial charge in [-0.3, -0.25) is 19.2 Å². The molecule has 5 rings (SSSR count). The average Bonchev–Trinajstić information content (AvgIpc) is 3.15. The standard InChI is InChI=1S/C42H44O13/c1-26(43)48-25-38-39(51-27(2)44)40(52-28(3)45)41(53-29(4)46)42(55-38)54-35-20-17-32(36(47)21-35)15-16-33-18-19-34(49-23-30-11-7-5-8-12-30)22-37(33)50-24-31-13-9-6-10-14-31/h5-14,17-22,38-42,47H,15-16,23-25H2,1-4H3/t38-,39-,40+,41-,42-/m1/s1. The second kappa shape index (κ2) is 19.3. The maximum atomic E-state index is 12.2. The van der Waals surface area contributed by atoms with Gasteiger partial charge in [0.15, 0.2) is 12.2 Å². The first-order chi connectivity index (χ1) is 26.4. The van der Waals surface area contributed by atoms with Crippen LogP contribution in [0.4, 0.5) is 0 Å². The van der Waals surface area contributed by atoms with Gasteiger partial charge >= 0.3 is 23.9 Å². The van der Waals surface area contributed by atoms with Crippen LogP contribution in [0.1, 0.15) is 49.9 Å². The molecule has 4 aromatic rings. The maximum absolute atomic E-state index is 12.2. The van der Waals surface area contributed by atoms with E-state index in [2.05, 4.69) is 0 Å². The van der Waals surface area contributed by atoms with Gasteiger partial charge < -0.3 is 43.0 Å². The van der Waals surface area contributed by atoms with E-state index in [9.17, 15) is 24.3 Å². The van der Waals surface area contributed by atoms with E-state index in [-0.39, 0.29) is 11.5 Å². The molecule has 0 unspecified atom stereocenters. The third-order valence-corrected chi connectivity index (χ3v) is 8.44. The van der Waals surface area contributed by atoms with Crippen molar-refractivity contribution in [3.63, 3.8) is 0 Å².